The highest BCUT2D eigenvalue weighted by Crippen LogP contribution is 2.70. The number of alkyl halides is 1. The molecule has 3 atom stereocenters. The molecule has 1 spiro atoms. The van der Waals surface area contributed by atoms with Crippen LogP contribution >= 0.6 is 11.3 Å². The van der Waals surface area contributed by atoms with E-state index in [0.29, 0.717) is 28.9 Å². The van der Waals surface area contributed by atoms with Gasteiger partial charge < -0.3 is 10.6 Å². The molecule has 1 aromatic rings. The normalized spacial score (nSPS) is 30.5. The highest BCUT2D eigenvalue weighted by molar-refractivity contribution is 7.17. The summed E-state index contributed by atoms with van der Waals surface area (Å²) >= 11 is 1.57. The van der Waals surface area contributed by atoms with E-state index in [9.17, 15) is 14.0 Å². The summed E-state index contributed by atoms with van der Waals surface area (Å²) < 4.78 is 13.1. The average molecular weight is 362 g/mol. The Hall–Kier alpha value is -1.43. The zero-order chi connectivity index (χ0) is 17.2. The maximum Gasteiger partial charge on any atom is 0.254 e. The summed E-state index contributed by atoms with van der Waals surface area (Å²) in [7, 11) is 0. The molecule has 4 aliphatic rings. The molecular weight excluding hydrogens is 339 g/mol. The Balaban J connectivity index is 1.36. The number of carbonyl (C=O) groups is 2. The second-order valence-corrected chi connectivity index (χ2v) is 9.35. The van der Waals surface area contributed by atoms with Crippen molar-refractivity contribution in [2.24, 2.45) is 17.3 Å². The maximum atomic E-state index is 13.1. The number of rotatable bonds is 5. The highest BCUT2D eigenvalue weighted by Gasteiger charge is 2.65. The zero-order valence-corrected chi connectivity index (χ0v) is 15.0. The van der Waals surface area contributed by atoms with E-state index in [1.165, 1.54) is 17.7 Å². The van der Waals surface area contributed by atoms with Crippen LogP contribution in [0.25, 0.3) is 0 Å². The summed E-state index contributed by atoms with van der Waals surface area (Å²) in [5.74, 6) is 0.0424. The first-order chi connectivity index (χ1) is 12.1. The fourth-order valence-electron chi connectivity index (χ4n) is 4.26. The topological polar surface area (TPSA) is 58.2 Å². The van der Waals surface area contributed by atoms with E-state index in [1.54, 1.807) is 11.3 Å². The minimum Gasteiger partial charge on any atom is -0.352 e. The molecule has 3 fully saturated rings. The number of fused-ring (bicyclic) bond motifs is 1. The molecule has 6 heteroatoms. The molecule has 1 heterocycles. The van der Waals surface area contributed by atoms with Gasteiger partial charge in [-0.05, 0) is 62.3 Å². The van der Waals surface area contributed by atoms with Crippen LogP contribution in [-0.4, -0.2) is 24.5 Å². The van der Waals surface area contributed by atoms with Gasteiger partial charge in [-0.25, -0.2) is 4.39 Å². The molecule has 2 amide bonds. The third kappa shape index (κ3) is 2.78. The van der Waals surface area contributed by atoms with E-state index < -0.39 is 6.17 Å². The van der Waals surface area contributed by atoms with E-state index >= 15 is 0 Å². The van der Waals surface area contributed by atoms with E-state index in [-0.39, 0.29) is 23.7 Å². The van der Waals surface area contributed by atoms with Gasteiger partial charge in [-0.3, -0.25) is 9.59 Å². The minimum atomic E-state index is -0.763. The molecule has 0 aliphatic heterocycles. The van der Waals surface area contributed by atoms with E-state index in [4.69, 9.17) is 0 Å². The fraction of sp³-hybridized carbons (Fsp3) is 0.684. The second kappa shape index (κ2) is 5.53. The van der Waals surface area contributed by atoms with E-state index in [2.05, 4.69) is 10.6 Å². The number of hydrogen-bond acceptors (Lipinski definition) is 3. The molecule has 1 aromatic heterocycles. The largest absolute Gasteiger partial charge is 0.352 e. The second-order valence-electron chi connectivity index (χ2n) is 8.25. The summed E-state index contributed by atoms with van der Waals surface area (Å²) in [5, 5.41) is 6.67. The number of thiophene rings is 1. The van der Waals surface area contributed by atoms with Gasteiger partial charge in [0, 0.05) is 23.3 Å². The molecule has 4 nitrogen and oxygen atoms in total. The Morgan fingerprint density at radius 3 is 2.68 bits per heavy atom. The van der Waals surface area contributed by atoms with Crippen molar-refractivity contribution in [3.8, 4) is 0 Å². The molecule has 0 unspecified atom stereocenters. The number of aryl methyl sites for hydroxylation is 1. The first-order valence-corrected chi connectivity index (χ1v) is 10.3. The lowest BCUT2D eigenvalue weighted by Crippen LogP contribution is -2.28. The van der Waals surface area contributed by atoms with Crippen LogP contribution in [0.4, 0.5) is 9.39 Å². The molecule has 4 aliphatic carbocycles. The summed E-state index contributed by atoms with van der Waals surface area (Å²) in [4.78, 5) is 26.6. The SMILES string of the molecule is O=C(NC[C@H]1C[C@@H]1F)c1c(NC(=O)[C@H]2CC23CC3)sc2c1CCCC2. The fourth-order valence-corrected chi connectivity index (χ4v) is 5.55. The summed E-state index contributed by atoms with van der Waals surface area (Å²) in [6.45, 7) is 0.393. The van der Waals surface area contributed by atoms with Gasteiger partial charge in [0.15, 0.2) is 0 Å². The Morgan fingerprint density at radius 1 is 1.24 bits per heavy atom. The van der Waals surface area contributed by atoms with Gasteiger partial charge in [0.2, 0.25) is 5.91 Å². The van der Waals surface area contributed by atoms with Gasteiger partial charge in [-0.2, -0.15) is 0 Å². The van der Waals surface area contributed by atoms with Crippen LogP contribution in [0.1, 0.15) is 59.3 Å². The smallest absolute Gasteiger partial charge is 0.254 e. The van der Waals surface area contributed by atoms with Crippen LogP contribution in [-0.2, 0) is 17.6 Å². The first kappa shape index (κ1) is 15.8. The molecule has 134 valence electrons. The van der Waals surface area contributed by atoms with Gasteiger partial charge in [0.05, 0.1) is 5.56 Å². The number of halogens is 1. The summed E-state index contributed by atoms with van der Waals surface area (Å²) in [6, 6.07) is 0. The van der Waals surface area contributed by atoms with Crippen molar-refractivity contribution in [3.05, 3.63) is 16.0 Å². The molecule has 0 aromatic carbocycles. The summed E-state index contributed by atoms with van der Waals surface area (Å²) in [6.07, 6.45) is 7.24. The number of carbonyl (C=O) groups excluding carboxylic acids is 2. The van der Waals surface area contributed by atoms with Gasteiger partial charge in [0.1, 0.15) is 11.2 Å². The van der Waals surface area contributed by atoms with E-state index in [1.807, 2.05) is 0 Å². The molecule has 0 saturated heterocycles. The van der Waals surface area contributed by atoms with Crippen molar-refractivity contribution in [1.82, 2.24) is 5.32 Å². The van der Waals surface area contributed by atoms with Crippen molar-refractivity contribution in [2.45, 2.75) is 57.5 Å². The lowest BCUT2D eigenvalue weighted by atomic mass is 9.95. The van der Waals surface area contributed by atoms with Gasteiger partial charge >= 0.3 is 0 Å². The molecule has 0 bridgehead atoms. The van der Waals surface area contributed by atoms with Crippen LogP contribution in [0.3, 0.4) is 0 Å². The monoisotopic (exact) mass is 362 g/mol. The Labute approximate surface area is 150 Å². The molecule has 2 N–H and O–H groups in total. The molecule has 3 saturated carbocycles. The average Bonchev–Trinajstić information content (AvgIpc) is 3.54. The van der Waals surface area contributed by atoms with Crippen molar-refractivity contribution in [2.75, 3.05) is 11.9 Å². The molecule has 25 heavy (non-hydrogen) atoms. The Morgan fingerprint density at radius 2 is 2.00 bits per heavy atom. The van der Waals surface area contributed by atoms with Crippen molar-refractivity contribution >= 4 is 28.2 Å². The predicted octanol–water partition coefficient (Wildman–Crippen LogP) is 3.45. The maximum absolute atomic E-state index is 13.1. The van der Waals surface area contributed by atoms with Gasteiger partial charge in [-0.1, -0.05) is 0 Å². The number of hydrogen-bond donors (Lipinski definition) is 2. The standard InChI is InChI=1S/C19H23FN2O2S/c20-13-7-10(13)9-21-17(24)15-11-3-1-2-4-14(11)25-18(15)22-16(23)12-8-19(12)5-6-19/h10,12-13H,1-9H2,(H,21,24)(H,22,23)/t10-,12-,13+/m1/s1. The van der Waals surface area contributed by atoms with Gasteiger partial charge in [-0.15, -0.1) is 11.3 Å². The lowest BCUT2D eigenvalue weighted by molar-refractivity contribution is -0.117. The van der Waals surface area contributed by atoms with Crippen LogP contribution in [0, 0.1) is 17.3 Å². The van der Waals surface area contributed by atoms with Crippen LogP contribution in [0.15, 0.2) is 0 Å². The van der Waals surface area contributed by atoms with Crippen molar-refractivity contribution < 1.29 is 14.0 Å². The molecular formula is C19H23FN2O2S. The van der Waals surface area contributed by atoms with Gasteiger partial charge in [0.25, 0.3) is 5.91 Å². The number of amides is 2. The Bertz CT molecular complexity index is 755. The van der Waals surface area contributed by atoms with E-state index in [0.717, 1.165) is 37.7 Å². The predicted molar refractivity (Wildman–Crippen MR) is 94.7 cm³/mol. The minimum absolute atomic E-state index is 0.0300. The first-order valence-electron chi connectivity index (χ1n) is 9.45. The third-order valence-electron chi connectivity index (χ3n) is 6.39. The van der Waals surface area contributed by atoms with Crippen molar-refractivity contribution in [3.63, 3.8) is 0 Å². The lowest BCUT2D eigenvalue weighted by Gasteiger charge is -2.13. The van der Waals surface area contributed by atoms with Crippen LogP contribution < -0.4 is 10.6 Å². The van der Waals surface area contributed by atoms with Crippen molar-refractivity contribution in [1.29, 1.82) is 0 Å². The summed E-state index contributed by atoms with van der Waals surface area (Å²) in [5.41, 5.74) is 2.06. The van der Waals surface area contributed by atoms with Crippen LogP contribution in [0.2, 0.25) is 0 Å². The van der Waals surface area contributed by atoms with Crippen LogP contribution in [0.5, 0.6) is 0 Å². The Kier molecular flexibility index (Phi) is 3.50. The number of anilines is 1. The molecule has 5 rings (SSSR count). The third-order valence-corrected chi connectivity index (χ3v) is 7.60. The highest BCUT2D eigenvalue weighted by atomic mass is 32.1. The molecule has 0 radical (unpaired) electrons. The zero-order valence-electron chi connectivity index (χ0n) is 14.2. The quantitative estimate of drug-likeness (QED) is 0.843. The number of nitrogens with one attached hydrogen (secondary N) is 2.